The zero-order valence-corrected chi connectivity index (χ0v) is 19.3. The average Bonchev–Trinajstić information content (AvgIpc) is 2.75. The van der Waals surface area contributed by atoms with Crippen molar-refractivity contribution in [2.24, 2.45) is 0 Å². The molecule has 0 aromatic heterocycles. The van der Waals surface area contributed by atoms with E-state index in [1.165, 1.54) is 0 Å². The van der Waals surface area contributed by atoms with Gasteiger partial charge in [0.05, 0.1) is 0 Å². The smallest absolute Gasteiger partial charge is 0.218 e. The van der Waals surface area contributed by atoms with Crippen molar-refractivity contribution in [3.63, 3.8) is 0 Å². The maximum absolute atomic E-state index is 14.0. The molecule has 0 heterocycles. The van der Waals surface area contributed by atoms with Crippen LogP contribution in [-0.2, 0) is 0 Å². The molecule has 0 amide bonds. The molecule has 0 aliphatic heterocycles. The summed E-state index contributed by atoms with van der Waals surface area (Å²) < 4.78 is 379. The summed E-state index contributed by atoms with van der Waals surface area (Å²) in [5, 5.41) is -8.72. The first kappa shape index (κ1) is 42.3. The normalized spacial score (nSPS) is 18.4. The Morgan fingerprint density at radius 3 is 0.432 bits per heavy atom. The summed E-state index contributed by atoms with van der Waals surface area (Å²) in [6, 6.07) is 0. The summed E-state index contributed by atoms with van der Waals surface area (Å²) >= 11 is 0.707. The first-order valence-electron chi connectivity index (χ1n) is 8.95. The Bertz CT molecular complexity index is 969. The summed E-state index contributed by atoms with van der Waals surface area (Å²) in [5.74, 6) is -102. The van der Waals surface area contributed by atoms with Crippen LogP contribution in [0.25, 0.3) is 0 Å². The van der Waals surface area contributed by atoms with Gasteiger partial charge in [-0.3, -0.25) is 0 Å². The van der Waals surface area contributed by atoms with Crippen LogP contribution in [0.5, 0.6) is 0 Å². The van der Waals surface area contributed by atoms with E-state index < -0.39 is 82.5 Å². The molecule has 1 unspecified atom stereocenters. The molecule has 0 rings (SSSR count). The highest BCUT2D eigenvalue weighted by Crippen LogP contribution is 2.69. The highest BCUT2D eigenvalue weighted by atomic mass is 32.1. The third-order valence-corrected chi connectivity index (χ3v) is 5.65. The van der Waals surface area contributed by atoms with Crippen molar-refractivity contribution in [1.82, 2.24) is 0 Å². The molecule has 0 aromatic carbocycles. The van der Waals surface area contributed by atoms with Gasteiger partial charge in [0.2, 0.25) is 0 Å². The van der Waals surface area contributed by atoms with E-state index in [-0.39, 0.29) is 0 Å². The van der Waals surface area contributed by atoms with Crippen molar-refractivity contribution in [2.75, 3.05) is 0 Å². The minimum absolute atomic E-state index is 0.707. The van der Waals surface area contributed by atoms with E-state index in [1.807, 2.05) is 0 Å². The lowest BCUT2D eigenvalue weighted by Gasteiger charge is -2.47. The average molecular weight is 752 g/mol. The Morgan fingerprint density at radius 1 is 0.182 bits per heavy atom. The van der Waals surface area contributed by atoms with Crippen LogP contribution in [0, 0.1) is 0 Å². The van der Waals surface area contributed by atoms with Crippen LogP contribution in [-0.4, -0.2) is 82.5 Å². The molecule has 0 bridgehead atoms. The van der Waals surface area contributed by atoms with Crippen LogP contribution in [0.2, 0.25) is 0 Å². The topological polar surface area (TPSA) is 0 Å². The molecule has 0 saturated heterocycles. The molecule has 0 aliphatic rings. The van der Waals surface area contributed by atoms with Crippen LogP contribution in [0.3, 0.4) is 0 Å². The van der Waals surface area contributed by atoms with Gasteiger partial charge in [-0.2, -0.15) is 123 Å². The maximum atomic E-state index is 14.0. The molecule has 30 heteroatoms. The molecular weight excluding hydrogens is 751 g/mol. The monoisotopic (exact) mass is 752 g/mol. The third kappa shape index (κ3) is 4.69. The van der Waals surface area contributed by atoms with Gasteiger partial charge >= 0.3 is 77.5 Å². The molecule has 0 N–H and O–H groups in total. The lowest BCUT2D eigenvalue weighted by molar-refractivity contribution is -0.471. The SMILES string of the molecule is FC(F)(F)C(F)(F)C(F)(F)C(F)(F)C(F)(F)C(F)(F)C(F)(F)C(F)(F)C(F)(S)C(F)(F)C(F)(F)C(F)(F)C(F)(F)C(F)(F)F. The van der Waals surface area contributed by atoms with E-state index in [1.54, 1.807) is 0 Å². The van der Waals surface area contributed by atoms with Gasteiger partial charge in [0.25, 0.3) is 5.00 Å². The summed E-state index contributed by atoms with van der Waals surface area (Å²) in [6.45, 7) is 0. The summed E-state index contributed by atoms with van der Waals surface area (Å²) in [5.41, 5.74) is 0. The Labute approximate surface area is 223 Å². The van der Waals surface area contributed by atoms with Crippen molar-refractivity contribution < 1.29 is 127 Å². The van der Waals surface area contributed by atoms with E-state index in [4.69, 9.17) is 0 Å². The molecule has 0 aromatic rings. The first-order valence-corrected chi connectivity index (χ1v) is 9.40. The van der Waals surface area contributed by atoms with E-state index in [0.29, 0.717) is 12.6 Å². The lowest BCUT2D eigenvalue weighted by atomic mass is 9.84. The van der Waals surface area contributed by atoms with Gasteiger partial charge in [0, 0.05) is 0 Å². The summed E-state index contributed by atoms with van der Waals surface area (Å²) in [4.78, 5) is 0. The molecule has 0 aliphatic carbocycles. The molecule has 0 fully saturated rings. The molecule has 1 atom stereocenters. The van der Waals surface area contributed by atoms with Crippen LogP contribution in [0.15, 0.2) is 0 Å². The van der Waals surface area contributed by atoms with Gasteiger partial charge in [0.15, 0.2) is 0 Å². The zero-order chi connectivity index (χ0) is 37.0. The van der Waals surface area contributed by atoms with Gasteiger partial charge in [-0.25, -0.2) is 4.39 Å². The van der Waals surface area contributed by atoms with E-state index in [2.05, 4.69) is 0 Å². The predicted molar refractivity (Wildman–Crippen MR) is 79.4 cm³/mol. The van der Waals surface area contributed by atoms with Gasteiger partial charge in [0.1, 0.15) is 0 Å². The van der Waals surface area contributed by atoms with E-state index >= 15 is 0 Å². The number of halogens is 29. The summed E-state index contributed by atoms with van der Waals surface area (Å²) in [6.07, 6.45) is -16.5. The Kier molecular flexibility index (Phi) is 9.53. The van der Waals surface area contributed by atoms with Crippen LogP contribution in [0.4, 0.5) is 127 Å². The number of alkyl halides is 29. The van der Waals surface area contributed by atoms with Crippen molar-refractivity contribution in [3.8, 4) is 0 Å². The van der Waals surface area contributed by atoms with Crippen LogP contribution < -0.4 is 0 Å². The fraction of sp³-hybridized carbons (Fsp3) is 1.00. The summed E-state index contributed by atoms with van der Waals surface area (Å²) in [7, 11) is 0. The van der Waals surface area contributed by atoms with Gasteiger partial charge in [-0.05, 0) is 0 Å². The van der Waals surface area contributed by atoms with E-state index in [9.17, 15) is 127 Å². The molecule has 266 valence electrons. The largest absolute Gasteiger partial charge is 0.460 e. The zero-order valence-electron chi connectivity index (χ0n) is 18.4. The minimum atomic E-state index is -9.72. The molecular formula is C14HF29S. The molecule has 0 radical (unpaired) electrons. The van der Waals surface area contributed by atoms with Crippen molar-refractivity contribution in [2.45, 2.75) is 82.5 Å². The molecule has 0 spiro atoms. The highest BCUT2D eigenvalue weighted by Gasteiger charge is 2.99. The highest BCUT2D eigenvalue weighted by molar-refractivity contribution is 7.81. The van der Waals surface area contributed by atoms with Crippen molar-refractivity contribution >= 4 is 12.6 Å². The van der Waals surface area contributed by atoms with Crippen LogP contribution in [0.1, 0.15) is 0 Å². The second-order valence-electron chi connectivity index (χ2n) is 7.94. The van der Waals surface area contributed by atoms with Crippen molar-refractivity contribution in [1.29, 1.82) is 0 Å². The lowest BCUT2D eigenvalue weighted by Crippen LogP contribution is -2.79. The first-order chi connectivity index (χ1) is 18.2. The quantitative estimate of drug-likeness (QED) is 0.158. The van der Waals surface area contributed by atoms with Gasteiger partial charge in [-0.15, -0.1) is 12.6 Å². The molecule has 0 saturated carbocycles. The van der Waals surface area contributed by atoms with E-state index in [0.717, 1.165) is 0 Å². The number of hydrogen-bond donors (Lipinski definition) is 1. The standard InChI is InChI=1S/C14HF29S/c15-1(16,3(19,20)6(25,26)10(33,34)13(38,39)40)2(17,18)4(21,22)8(29,30)12(37,44)9(31,32)5(23,24)7(27,28)11(35,36)14(41,42)43/h44H. The Morgan fingerprint density at radius 2 is 0.295 bits per heavy atom. The fourth-order valence-electron chi connectivity index (χ4n) is 2.35. The van der Waals surface area contributed by atoms with Gasteiger partial charge < -0.3 is 0 Å². The molecule has 44 heavy (non-hydrogen) atoms. The predicted octanol–water partition coefficient (Wildman–Crippen LogP) is 9.69. The second kappa shape index (κ2) is 9.91. The van der Waals surface area contributed by atoms with Gasteiger partial charge in [-0.1, -0.05) is 0 Å². The Hall–Kier alpha value is -1.68. The third-order valence-electron chi connectivity index (χ3n) is 5.09. The van der Waals surface area contributed by atoms with Crippen LogP contribution >= 0.6 is 12.6 Å². The molecule has 0 nitrogen and oxygen atoms in total. The number of thiol groups is 1. The minimum Gasteiger partial charge on any atom is -0.218 e. The second-order valence-corrected chi connectivity index (χ2v) is 8.55. The van der Waals surface area contributed by atoms with Crippen molar-refractivity contribution in [3.05, 3.63) is 0 Å². The maximum Gasteiger partial charge on any atom is 0.460 e. The number of hydrogen-bond acceptors (Lipinski definition) is 1. The fourth-order valence-corrected chi connectivity index (χ4v) is 2.63. The number of rotatable bonds is 11. The Balaban J connectivity index is 7.52.